The Morgan fingerprint density at radius 3 is 3.00 bits per heavy atom. The van der Waals surface area contributed by atoms with Gasteiger partial charge in [-0.25, -0.2) is 0 Å². The van der Waals surface area contributed by atoms with Crippen molar-refractivity contribution < 1.29 is 9.47 Å². The van der Waals surface area contributed by atoms with Crippen LogP contribution in [-0.4, -0.2) is 38.5 Å². The lowest BCUT2D eigenvalue weighted by Gasteiger charge is -2.24. The van der Waals surface area contributed by atoms with Gasteiger partial charge in [-0.15, -0.1) is 12.4 Å². The van der Waals surface area contributed by atoms with Crippen LogP contribution in [0.4, 0.5) is 0 Å². The zero-order valence-electron chi connectivity index (χ0n) is 5.71. The predicted octanol–water partition coefficient (Wildman–Crippen LogP) is -0.205. The van der Waals surface area contributed by atoms with Crippen LogP contribution in [0, 0.1) is 0 Å². The minimum Gasteiger partial charge on any atom is -0.377 e. The lowest BCUT2D eigenvalue weighted by molar-refractivity contribution is 0.0115. The third-order valence-corrected chi connectivity index (χ3v) is 1.87. The van der Waals surface area contributed by atoms with Gasteiger partial charge in [-0.05, 0) is 0 Å². The molecule has 0 spiro atoms. The molecule has 2 saturated heterocycles. The molecule has 2 heterocycles. The van der Waals surface area contributed by atoms with Crippen LogP contribution in [0.5, 0.6) is 0 Å². The number of halogens is 1. The van der Waals surface area contributed by atoms with E-state index in [2.05, 4.69) is 5.32 Å². The van der Waals surface area contributed by atoms with E-state index < -0.39 is 0 Å². The van der Waals surface area contributed by atoms with Gasteiger partial charge in [0.1, 0.15) is 0 Å². The number of ether oxygens (including phenoxy) is 2. The summed E-state index contributed by atoms with van der Waals surface area (Å²) in [7, 11) is 0. The maximum absolute atomic E-state index is 5.41. The summed E-state index contributed by atoms with van der Waals surface area (Å²) >= 11 is 0. The molecule has 4 heteroatoms. The molecule has 0 unspecified atom stereocenters. The second-order valence-electron chi connectivity index (χ2n) is 2.51. The van der Waals surface area contributed by atoms with Crippen molar-refractivity contribution in [2.45, 2.75) is 12.1 Å². The molecule has 2 fully saturated rings. The monoisotopic (exact) mass is 165 g/mol. The first-order valence-corrected chi connectivity index (χ1v) is 3.39. The van der Waals surface area contributed by atoms with E-state index in [1.54, 1.807) is 0 Å². The molecule has 0 aliphatic carbocycles. The van der Waals surface area contributed by atoms with Crippen molar-refractivity contribution in [1.82, 2.24) is 5.32 Å². The summed E-state index contributed by atoms with van der Waals surface area (Å²) in [4.78, 5) is 0. The Kier molecular flexibility index (Phi) is 2.92. The summed E-state index contributed by atoms with van der Waals surface area (Å²) < 4.78 is 10.6. The summed E-state index contributed by atoms with van der Waals surface area (Å²) in [5.74, 6) is 0. The van der Waals surface area contributed by atoms with Crippen LogP contribution in [0.3, 0.4) is 0 Å². The molecule has 3 nitrogen and oxygen atoms in total. The van der Waals surface area contributed by atoms with E-state index in [-0.39, 0.29) is 12.4 Å². The minimum absolute atomic E-state index is 0. The zero-order valence-corrected chi connectivity index (χ0v) is 6.52. The van der Waals surface area contributed by atoms with E-state index in [9.17, 15) is 0 Å². The molecular weight excluding hydrogens is 154 g/mol. The number of fused-ring (bicyclic) bond motifs is 1. The summed E-state index contributed by atoms with van der Waals surface area (Å²) in [6.07, 6.45) is 0.332. The fourth-order valence-corrected chi connectivity index (χ4v) is 1.34. The molecule has 60 valence electrons. The van der Waals surface area contributed by atoms with Gasteiger partial charge >= 0.3 is 0 Å². The number of hydrogen-bond acceptors (Lipinski definition) is 3. The average Bonchev–Trinajstić information content (AvgIpc) is 2.33. The first-order valence-electron chi connectivity index (χ1n) is 3.39. The third-order valence-electron chi connectivity index (χ3n) is 1.87. The predicted molar refractivity (Wildman–Crippen MR) is 39.6 cm³/mol. The molecule has 10 heavy (non-hydrogen) atoms. The second kappa shape index (κ2) is 3.53. The standard InChI is InChI=1S/C6H11NO2.ClH/c1-2-9-6-4-8-3-5(6)7-1;/h5-7H,1-4H2;1H/t5-,6-;/m1./s1. The zero-order chi connectivity index (χ0) is 6.10. The number of rotatable bonds is 0. The molecule has 0 aromatic carbocycles. The van der Waals surface area contributed by atoms with Gasteiger partial charge < -0.3 is 14.8 Å². The number of morpholine rings is 1. The largest absolute Gasteiger partial charge is 0.377 e. The topological polar surface area (TPSA) is 30.5 Å². The van der Waals surface area contributed by atoms with E-state index in [0.29, 0.717) is 12.1 Å². The van der Waals surface area contributed by atoms with E-state index in [4.69, 9.17) is 9.47 Å². The fourth-order valence-electron chi connectivity index (χ4n) is 1.34. The highest BCUT2D eigenvalue weighted by Gasteiger charge is 2.30. The van der Waals surface area contributed by atoms with Crippen LogP contribution >= 0.6 is 12.4 Å². The smallest absolute Gasteiger partial charge is 0.0984 e. The van der Waals surface area contributed by atoms with Gasteiger partial charge in [-0.1, -0.05) is 0 Å². The quantitative estimate of drug-likeness (QED) is 0.539. The molecule has 0 saturated carbocycles. The molecule has 0 radical (unpaired) electrons. The molecule has 2 rings (SSSR count). The Labute approximate surface area is 66.5 Å². The van der Waals surface area contributed by atoms with E-state index >= 15 is 0 Å². The highest BCUT2D eigenvalue weighted by atomic mass is 35.5. The van der Waals surface area contributed by atoms with Gasteiger partial charge in [-0.3, -0.25) is 0 Å². The number of hydrogen-bond donors (Lipinski definition) is 1. The Balaban J connectivity index is 0.000000500. The van der Waals surface area contributed by atoms with Crippen LogP contribution in [0.25, 0.3) is 0 Å². The van der Waals surface area contributed by atoms with E-state index in [1.807, 2.05) is 0 Å². The summed E-state index contributed by atoms with van der Waals surface area (Å²) in [6, 6.07) is 0.471. The van der Waals surface area contributed by atoms with Gasteiger partial charge in [0.15, 0.2) is 0 Å². The molecule has 2 atom stereocenters. The molecule has 0 amide bonds. The molecule has 0 aromatic rings. The second-order valence-corrected chi connectivity index (χ2v) is 2.51. The third kappa shape index (κ3) is 1.42. The van der Waals surface area contributed by atoms with Gasteiger partial charge in [-0.2, -0.15) is 0 Å². The Hall–Kier alpha value is 0.170. The van der Waals surface area contributed by atoms with E-state index in [0.717, 1.165) is 26.4 Å². The molecule has 2 aliphatic heterocycles. The van der Waals surface area contributed by atoms with Crippen LogP contribution in [0.2, 0.25) is 0 Å². The van der Waals surface area contributed by atoms with Gasteiger partial charge in [0, 0.05) is 6.54 Å². The highest BCUT2D eigenvalue weighted by molar-refractivity contribution is 5.85. The van der Waals surface area contributed by atoms with E-state index in [1.165, 1.54) is 0 Å². The molecule has 1 N–H and O–H groups in total. The van der Waals surface area contributed by atoms with Gasteiger partial charge in [0.25, 0.3) is 0 Å². The van der Waals surface area contributed by atoms with Gasteiger partial charge in [0.2, 0.25) is 0 Å². The SMILES string of the molecule is C1CO[C@@H]2COC[C@H]2N1.Cl. The Morgan fingerprint density at radius 2 is 2.20 bits per heavy atom. The minimum atomic E-state index is 0. The van der Waals surface area contributed by atoms with Gasteiger partial charge in [0.05, 0.1) is 32.0 Å². The van der Waals surface area contributed by atoms with Crippen molar-refractivity contribution in [3.8, 4) is 0 Å². The Morgan fingerprint density at radius 1 is 1.30 bits per heavy atom. The maximum Gasteiger partial charge on any atom is 0.0984 e. The van der Waals surface area contributed by atoms with Crippen LogP contribution in [0.1, 0.15) is 0 Å². The lowest BCUT2D eigenvalue weighted by Crippen LogP contribution is -2.47. The normalized spacial score (nSPS) is 38.4. The lowest BCUT2D eigenvalue weighted by atomic mass is 10.2. The first-order chi connectivity index (χ1) is 4.47. The van der Waals surface area contributed by atoms with Crippen molar-refractivity contribution in [3.63, 3.8) is 0 Å². The maximum atomic E-state index is 5.41. The molecule has 2 aliphatic rings. The Bertz CT molecular complexity index is 99.9. The summed E-state index contributed by atoms with van der Waals surface area (Å²) in [5.41, 5.74) is 0. The average molecular weight is 166 g/mol. The fraction of sp³-hybridized carbons (Fsp3) is 1.00. The van der Waals surface area contributed by atoms with Crippen LogP contribution < -0.4 is 5.32 Å². The highest BCUT2D eigenvalue weighted by Crippen LogP contribution is 2.11. The van der Waals surface area contributed by atoms with Crippen molar-refractivity contribution in [2.24, 2.45) is 0 Å². The molecular formula is C6H12ClNO2. The number of nitrogens with one attached hydrogen (secondary N) is 1. The molecule has 0 aromatic heterocycles. The van der Waals surface area contributed by atoms with Crippen molar-refractivity contribution in [2.75, 3.05) is 26.4 Å². The summed E-state index contributed by atoms with van der Waals surface area (Å²) in [5, 5.41) is 3.33. The van der Waals surface area contributed by atoms with Crippen LogP contribution in [0.15, 0.2) is 0 Å². The van der Waals surface area contributed by atoms with Crippen molar-refractivity contribution in [1.29, 1.82) is 0 Å². The van der Waals surface area contributed by atoms with Crippen molar-refractivity contribution in [3.05, 3.63) is 0 Å². The summed E-state index contributed by atoms with van der Waals surface area (Å²) in [6.45, 7) is 3.41. The van der Waals surface area contributed by atoms with Crippen molar-refractivity contribution >= 4 is 12.4 Å². The molecule has 0 bridgehead atoms. The van der Waals surface area contributed by atoms with Crippen LogP contribution in [-0.2, 0) is 9.47 Å². The first kappa shape index (κ1) is 8.27.